The minimum absolute atomic E-state index is 0.266. The molecule has 0 aliphatic heterocycles. The van der Waals surface area contributed by atoms with Crippen molar-refractivity contribution in [2.75, 3.05) is 0 Å². The van der Waals surface area contributed by atoms with Crippen LogP contribution in [0.25, 0.3) is 0 Å². The molecule has 0 aromatic heterocycles. The predicted molar refractivity (Wildman–Crippen MR) is 78.7 cm³/mol. The van der Waals surface area contributed by atoms with Gasteiger partial charge < -0.3 is 5.73 Å². The summed E-state index contributed by atoms with van der Waals surface area (Å²) in [5.41, 5.74) is 10.0. The van der Waals surface area contributed by atoms with Crippen LogP contribution in [0.1, 0.15) is 55.7 Å². The SMILES string of the molecule is Cc1ccccc1C(N)C12CC3CC(CC(C3)C1)C2. The van der Waals surface area contributed by atoms with Crippen molar-refractivity contribution in [3.05, 3.63) is 35.4 Å². The highest BCUT2D eigenvalue weighted by Crippen LogP contribution is 2.63. The number of aryl methyl sites for hydroxylation is 1. The van der Waals surface area contributed by atoms with E-state index in [0.29, 0.717) is 5.41 Å². The lowest BCUT2D eigenvalue weighted by Gasteiger charge is -2.59. The van der Waals surface area contributed by atoms with E-state index in [9.17, 15) is 0 Å². The van der Waals surface area contributed by atoms with Crippen LogP contribution in [0, 0.1) is 30.1 Å². The predicted octanol–water partition coefficient (Wildman–Crippen LogP) is 4.21. The minimum atomic E-state index is 0.266. The van der Waals surface area contributed by atoms with E-state index in [4.69, 9.17) is 5.73 Å². The van der Waals surface area contributed by atoms with Crippen LogP contribution in [0.2, 0.25) is 0 Å². The summed E-state index contributed by atoms with van der Waals surface area (Å²) in [5.74, 6) is 2.96. The highest BCUT2D eigenvalue weighted by molar-refractivity contribution is 5.31. The Hall–Kier alpha value is -0.820. The Kier molecular flexibility index (Phi) is 2.57. The van der Waals surface area contributed by atoms with Crippen LogP contribution in [-0.2, 0) is 0 Å². The van der Waals surface area contributed by atoms with Gasteiger partial charge in [0, 0.05) is 6.04 Å². The van der Waals surface area contributed by atoms with Crippen LogP contribution in [0.5, 0.6) is 0 Å². The summed E-state index contributed by atoms with van der Waals surface area (Å²) in [5, 5.41) is 0. The summed E-state index contributed by atoms with van der Waals surface area (Å²) >= 11 is 0. The summed E-state index contributed by atoms with van der Waals surface area (Å²) in [4.78, 5) is 0. The maximum absolute atomic E-state index is 6.79. The van der Waals surface area contributed by atoms with Gasteiger partial charge >= 0.3 is 0 Å². The van der Waals surface area contributed by atoms with Gasteiger partial charge in [0.15, 0.2) is 0 Å². The van der Waals surface area contributed by atoms with E-state index in [1.807, 2.05) is 0 Å². The fraction of sp³-hybridized carbons (Fsp3) is 0.667. The lowest BCUT2D eigenvalue weighted by atomic mass is 9.47. The zero-order chi connectivity index (χ0) is 13.0. The molecule has 102 valence electrons. The van der Waals surface area contributed by atoms with Gasteiger partial charge in [-0.3, -0.25) is 0 Å². The molecule has 0 heterocycles. The number of hydrogen-bond donors (Lipinski definition) is 1. The van der Waals surface area contributed by atoms with Crippen LogP contribution in [0.3, 0.4) is 0 Å². The molecule has 1 aromatic carbocycles. The minimum Gasteiger partial charge on any atom is -0.323 e. The third-order valence-corrected chi connectivity index (χ3v) is 6.27. The van der Waals surface area contributed by atoms with Crippen molar-refractivity contribution in [2.24, 2.45) is 28.9 Å². The number of hydrogen-bond acceptors (Lipinski definition) is 1. The van der Waals surface area contributed by atoms with Gasteiger partial charge in [0.05, 0.1) is 0 Å². The molecule has 1 nitrogen and oxygen atoms in total. The topological polar surface area (TPSA) is 26.0 Å². The first-order valence-electron chi connectivity index (χ1n) is 7.97. The molecular formula is C18H25N. The van der Waals surface area contributed by atoms with Crippen molar-refractivity contribution in [3.8, 4) is 0 Å². The van der Waals surface area contributed by atoms with E-state index in [-0.39, 0.29) is 6.04 Å². The van der Waals surface area contributed by atoms with Gasteiger partial charge in [-0.15, -0.1) is 0 Å². The fourth-order valence-electron chi connectivity index (χ4n) is 5.82. The van der Waals surface area contributed by atoms with E-state index >= 15 is 0 Å². The first-order chi connectivity index (χ1) is 9.16. The molecule has 4 saturated carbocycles. The highest BCUT2D eigenvalue weighted by atomic mass is 14.7. The summed E-state index contributed by atoms with van der Waals surface area (Å²) < 4.78 is 0. The summed E-state index contributed by atoms with van der Waals surface area (Å²) in [6.07, 6.45) is 8.69. The van der Waals surface area contributed by atoms with Crippen molar-refractivity contribution in [3.63, 3.8) is 0 Å². The molecule has 1 atom stereocenters. The van der Waals surface area contributed by atoms with Crippen molar-refractivity contribution in [2.45, 2.75) is 51.5 Å². The molecule has 4 fully saturated rings. The van der Waals surface area contributed by atoms with Crippen molar-refractivity contribution < 1.29 is 0 Å². The summed E-state index contributed by atoms with van der Waals surface area (Å²) in [7, 11) is 0. The smallest absolute Gasteiger partial charge is 0.0355 e. The quantitative estimate of drug-likeness (QED) is 0.841. The van der Waals surface area contributed by atoms with E-state index in [1.165, 1.54) is 49.7 Å². The molecule has 4 aliphatic rings. The molecule has 2 N–H and O–H groups in total. The van der Waals surface area contributed by atoms with Crippen molar-refractivity contribution >= 4 is 0 Å². The average Bonchev–Trinajstić information content (AvgIpc) is 2.37. The summed E-state index contributed by atoms with van der Waals surface area (Å²) in [6.45, 7) is 2.22. The Morgan fingerprint density at radius 1 is 1.00 bits per heavy atom. The second kappa shape index (κ2) is 4.09. The van der Waals surface area contributed by atoms with Gasteiger partial charge in [-0.2, -0.15) is 0 Å². The van der Waals surface area contributed by atoms with Crippen molar-refractivity contribution in [1.29, 1.82) is 0 Å². The normalized spacial score (nSPS) is 41.5. The molecule has 19 heavy (non-hydrogen) atoms. The average molecular weight is 255 g/mol. The Morgan fingerprint density at radius 2 is 1.53 bits per heavy atom. The van der Waals surface area contributed by atoms with Crippen LogP contribution in [0.15, 0.2) is 24.3 Å². The molecular weight excluding hydrogens is 230 g/mol. The lowest BCUT2D eigenvalue weighted by molar-refractivity contribution is -0.0678. The third-order valence-electron chi connectivity index (χ3n) is 6.27. The zero-order valence-electron chi connectivity index (χ0n) is 11.9. The maximum atomic E-state index is 6.79. The first kappa shape index (κ1) is 12.0. The van der Waals surface area contributed by atoms with E-state index in [0.717, 1.165) is 17.8 Å². The Balaban J connectivity index is 1.70. The number of nitrogens with two attached hydrogens (primary N) is 1. The molecule has 0 spiro atoms. The summed E-state index contributed by atoms with van der Waals surface area (Å²) in [6, 6.07) is 9.03. The second-order valence-electron chi connectivity index (χ2n) is 7.61. The Labute approximate surface area is 116 Å². The molecule has 0 saturated heterocycles. The standard InChI is InChI=1S/C18H25N/c1-12-4-2-3-5-16(12)17(19)18-9-13-6-14(10-18)8-15(7-13)11-18/h2-5,13-15,17H,6-11,19H2,1H3. The zero-order valence-corrected chi connectivity index (χ0v) is 11.9. The molecule has 4 bridgehead atoms. The van der Waals surface area contributed by atoms with Crippen molar-refractivity contribution in [1.82, 2.24) is 0 Å². The maximum Gasteiger partial charge on any atom is 0.0355 e. The Morgan fingerprint density at radius 3 is 2.05 bits per heavy atom. The van der Waals surface area contributed by atoms with E-state index in [1.54, 1.807) is 0 Å². The molecule has 0 amide bonds. The molecule has 4 aliphatic carbocycles. The van der Waals surface area contributed by atoms with Gasteiger partial charge in [-0.25, -0.2) is 0 Å². The van der Waals surface area contributed by atoms with E-state index in [2.05, 4.69) is 31.2 Å². The Bertz CT molecular complexity index is 455. The van der Waals surface area contributed by atoms with Gasteiger partial charge in [0.2, 0.25) is 0 Å². The van der Waals surface area contributed by atoms with Gasteiger partial charge in [-0.05, 0) is 79.7 Å². The van der Waals surface area contributed by atoms with Gasteiger partial charge in [-0.1, -0.05) is 24.3 Å². The molecule has 0 radical (unpaired) electrons. The second-order valence-corrected chi connectivity index (χ2v) is 7.61. The van der Waals surface area contributed by atoms with Crippen LogP contribution in [0.4, 0.5) is 0 Å². The fourth-order valence-corrected chi connectivity index (χ4v) is 5.82. The molecule has 5 rings (SSSR count). The van der Waals surface area contributed by atoms with Crippen LogP contribution in [-0.4, -0.2) is 0 Å². The van der Waals surface area contributed by atoms with E-state index < -0.39 is 0 Å². The number of benzene rings is 1. The van der Waals surface area contributed by atoms with Crippen LogP contribution >= 0.6 is 0 Å². The third kappa shape index (κ3) is 1.78. The molecule has 1 heteroatoms. The van der Waals surface area contributed by atoms with Crippen LogP contribution < -0.4 is 5.73 Å². The lowest BCUT2D eigenvalue weighted by Crippen LogP contribution is -2.50. The number of rotatable bonds is 2. The molecule has 1 aromatic rings. The largest absolute Gasteiger partial charge is 0.323 e. The highest BCUT2D eigenvalue weighted by Gasteiger charge is 2.53. The first-order valence-corrected chi connectivity index (χ1v) is 7.97. The monoisotopic (exact) mass is 255 g/mol. The molecule has 1 unspecified atom stereocenters. The van der Waals surface area contributed by atoms with Gasteiger partial charge in [0.25, 0.3) is 0 Å². The van der Waals surface area contributed by atoms with Gasteiger partial charge in [0.1, 0.15) is 0 Å².